The summed E-state index contributed by atoms with van der Waals surface area (Å²) in [5.41, 5.74) is 1.36. The van der Waals surface area contributed by atoms with Crippen molar-refractivity contribution in [3.8, 4) is 0 Å². The molecule has 3 heteroatoms. The molecule has 0 fully saturated rings. The Balaban J connectivity index is 1.91. The minimum absolute atomic E-state index is 0.265. The second kappa shape index (κ2) is 4.64. The molecule has 2 aromatic rings. The van der Waals surface area contributed by atoms with E-state index in [1.807, 2.05) is 12.1 Å². The van der Waals surface area contributed by atoms with Gasteiger partial charge in [0.2, 0.25) is 0 Å². The topological polar surface area (TPSA) is 25.2 Å². The molecular formula is C12H15NOS. The molecule has 2 nitrogen and oxygen atoms in total. The molecule has 0 radical (unpaired) electrons. The third kappa shape index (κ3) is 2.49. The lowest BCUT2D eigenvalue weighted by atomic mass is 10.2. The van der Waals surface area contributed by atoms with E-state index >= 15 is 0 Å². The van der Waals surface area contributed by atoms with Gasteiger partial charge in [-0.05, 0) is 43.0 Å². The van der Waals surface area contributed by atoms with Gasteiger partial charge in [0.05, 0.1) is 12.3 Å². The van der Waals surface area contributed by atoms with E-state index in [-0.39, 0.29) is 6.04 Å². The van der Waals surface area contributed by atoms with Crippen LogP contribution in [-0.4, -0.2) is 0 Å². The van der Waals surface area contributed by atoms with Crippen molar-refractivity contribution in [2.24, 2.45) is 0 Å². The van der Waals surface area contributed by atoms with E-state index in [1.54, 1.807) is 17.6 Å². The average molecular weight is 221 g/mol. The van der Waals surface area contributed by atoms with Gasteiger partial charge in [0, 0.05) is 11.4 Å². The molecule has 0 aliphatic rings. The predicted molar refractivity (Wildman–Crippen MR) is 63.0 cm³/mol. The van der Waals surface area contributed by atoms with E-state index in [1.165, 1.54) is 10.4 Å². The van der Waals surface area contributed by atoms with E-state index < -0.39 is 0 Å². The molecule has 2 aromatic heterocycles. The van der Waals surface area contributed by atoms with E-state index in [0.717, 1.165) is 12.3 Å². The van der Waals surface area contributed by atoms with Crippen LogP contribution in [0.1, 0.15) is 29.2 Å². The summed E-state index contributed by atoms with van der Waals surface area (Å²) in [6, 6.07) is 6.34. The second-order valence-corrected chi connectivity index (χ2v) is 4.65. The third-order valence-corrected chi connectivity index (χ3v) is 3.53. The Morgan fingerprint density at radius 1 is 1.47 bits per heavy atom. The molecule has 0 amide bonds. The maximum atomic E-state index is 5.34. The molecule has 1 atom stereocenters. The molecular weight excluding hydrogens is 206 g/mol. The lowest BCUT2D eigenvalue weighted by Gasteiger charge is -2.10. The van der Waals surface area contributed by atoms with Crippen molar-refractivity contribution in [2.45, 2.75) is 26.4 Å². The molecule has 0 unspecified atom stereocenters. The highest BCUT2D eigenvalue weighted by Crippen LogP contribution is 2.18. The van der Waals surface area contributed by atoms with Gasteiger partial charge in [0.15, 0.2) is 0 Å². The first-order valence-corrected chi connectivity index (χ1v) is 5.95. The highest BCUT2D eigenvalue weighted by molar-refractivity contribution is 7.10. The van der Waals surface area contributed by atoms with Crippen molar-refractivity contribution in [2.75, 3.05) is 0 Å². The summed E-state index contributed by atoms with van der Waals surface area (Å²) >= 11 is 1.80. The van der Waals surface area contributed by atoms with Crippen LogP contribution in [0.25, 0.3) is 0 Å². The normalized spacial score (nSPS) is 12.9. The zero-order valence-electron chi connectivity index (χ0n) is 8.99. The van der Waals surface area contributed by atoms with Gasteiger partial charge in [-0.15, -0.1) is 11.3 Å². The number of thiophene rings is 1. The molecule has 2 rings (SSSR count). The fourth-order valence-corrected chi connectivity index (χ4v) is 2.33. The molecule has 15 heavy (non-hydrogen) atoms. The van der Waals surface area contributed by atoms with Crippen LogP contribution in [0.5, 0.6) is 0 Å². The first kappa shape index (κ1) is 10.5. The first-order valence-electron chi connectivity index (χ1n) is 5.07. The van der Waals surface area contributed by atoms with Gasteiger partial charge in [-0.3, -0.25) is 0 Å². The number of hydrogen-bond donors (Lipinski definition) is 1. The van der Waals surface area contributed by atoms with Crippen LogP contribution in [0, 0.1) is 6.92 Å². The fraction of sp³-hybridized carbons (Fsp3) is 0.333. The molecule has 0 bridgehead atoms. The summed E-state index contributed by atoms with van der Waals surface area (Å²) in [7, 11) is 0. The highest BCUT2D eigenvalue weighted by Gasteiger charge is 2.08. The summed E-state index contributed by atoms with van der Waals surface area (Å²) in [6.07, 6.45) is 1.71. The Hall–Kier alpha value is -1.06. The first-order chi connectivity index (χ1) is 7.27. The minimum Gasteiger partial charge on any atom is -0.468 e. The zero-order valence-corrected chi connectivity index (χ0v) is 9.80. The standard InChI is InChI=1S/C12H15NOS/c1-9-5-7-15-12(9)8-13-10(2)11-4-3-6-14-11/h3-7,10,13H,8H2,1-2H3/t10-/m1/s1. The van der Waals surface area contributed by atoms with E-state index in [0.29, 0.717) is 0 Å². The number of rotatable bonds is 4. The predicted octanol–water partition coefficient (Wildman–Crippen LogP) is 3.50. The van der Waals surface area contributed by atoms with Crippen LogP contribution in [0.15, 0.2) is 34.3 Å². The Morgan fingerprint density at radius 2 is 2.33 bits per heavy atom. The maximum Gasteiger partial charge on any atom is 0.120 e. The Bertz CT molecular complexity index is 405. The van der Waals surface area contributed by atoms with Crippen LogP contribution in [0.4, 0.5) is 0 Å². The van der Waals surface area contributed by atoms with Crippen molar-refractivity contribution in [3.63, 3.8) is 0 Å². The molecule has 80 valence electrons. The van der Waals surface area contributed by atoms with Gasteiger partial charge in [-0.25, -0.2) is 0 Å². The minimum atomic E-state index is 0.265. The molecule has 0 aromatic carbocycles. The Labute approximate surface area is 93.9 Å². The molecule has 0 aliphatic carbocycles. The lowest BCUT2D eigenvalue weighted by molar-refractivity contribution is 0.431. The molecule has 0 spiro atoms. The van der Waals surface area contributed by atoms with Crippen molar-refractivity contribution >= 4 is 11.3 Å². The smallest absolute Gasteiger partial charge is 0.120 e. The fourth-order valence-electron chi connectivity index (χ4n) is 1.47. The number of aryl methyl sites for hydroxylation is 1. The molecule has 1 N–H and O–H groups in total. The molecule has 2 heterocycles. The Morgan fingerprint density at radius 3 is 2.93 bits per heavy atom. The molecule has 0 aliphatic heterocycles. The van der Waals surface area contributed by atoms with Crippen molar-refractivity contribution in [3.05, 3.63) is 46.0 Å². The van der Waals surface area contributed by atoms with Crippen LogP contribution in [-0.2, 0) is 6.54 Å². The largest absolute Gasteiger partial charge is 0.468 e. The van der Waals surface area contributed by atoms with Crippen LogP contribution in [0.3, 0.4) is 0 Å². The van der Waals surface area contributed by atoms with E-state index in [4.69, 9.17) is 4.42 Å². The Kier molecular flexibility index (Phi) is 3.23. The van der Waals surface area contributed by atoms with Crippen LogP contribution < -0.4 is 5.32 Å². The second-order valence-electron chi connectivity index (χ2n) is 3.64. The zero-order chi connectivity index (χ0) is 10.7. The van der Waals surface area contributed by atoms with Gasteiger partial charge >= 0.3 is 0 Å². The third-order valence-electron chi connectivity index (χ3n) is 2.51. The van der Waals surface area contributed by atoms with Crippen molar-refractivity contribution in [1.29, 1.82) is 0 Å². The van der Waals surface area contributed by atoms with Gasteiger partial charge in [0.25, 0.3) is 0 Å². The highest BCUT2D eigenvalue weighted by atomic mass is 32.1. The summed E-state index contributed by atoms with van der Waals surface area (Å²) < 4.78 is 5.34. The summed E-state index contributed by atoms with van der Waals surface area (Å²) in [4.78, 5) is 1.40. The SMILES string of the molecule is Cc1ccsc1CN[C@H](C)c1ccco1. The quantitative estimate of drug-likeness (QED) is 0.854. The van der Waals surface area contributed by atoms with Crippen LogP contribution >= 0.6 is 11.3 Å². The monoisotopic (exact) mass is 221 g/mol. The van der Waals surface area contributed by atoms with E-state index in [2.05, 4.69) is 30.6 Å². The number of nitrogens with one attached hydrogen (secondary N) is 1. The van der Waals surface area contributed by atoms with E-state index in [9.17, 15) is 0 Å². The van der Waals surface area contributed by atoms with Gasteiger partial charge in [-0.1, -0.05) is 0 Å². The maximum absolute atomic E-state index is 5.34. The summed E-state index contributed by atoms with van der Waals surface area (Å²) in [6.45, 7) is 5.16. The van der Waals surface area contributed by atoms with Gasteiger partial charge < -0.3 is 9.73 Å². The van der Waals surface area contributed by atoms with Gasteiger partial charge in [-0.2, -0.15) is 0 Å². The lowest BCUT2D eigenvalue weighted by Crippen LogP contribution is -2.17. The number of furan rings is 1. The van der Waals surface area contributed by atoms with Crippen LogP contribution in [0.2, 0.25) is 0 Å². The van der Waals surface area contributed by atoms with Crippen molar-refractivity contribution < 1.29 is 4.42 Å². The summed E-state index contributed by atoms with van der Waals surface area (Å²) in [5, 5.41) is 5.57. The molecule has 0 saturated heterocycles. The number of hydrogen-bond acceptors (Lipinski definition) is 3. The van der Waals surface area contributed by atoms with Gasteiger partial charge in [0.1, 0.15) is 5.76 Å². The average Bonchev–Trinajstić information content (AvgIpc) is 2.85. The summed E-state index contributed by atoms with van der Waals surface area (Å²) in [5.74, 6) is 0.990. The van der Waals surface area contributed by atoms with Crippen molar-refractivity contribution in [1.82, 2.24) is 5.32 Å². The molecule has 0 saturated carbocycles.